The molecule has 0 unspecified atom stereocenters. The normalized spacial score (nSPS) is 10.5. The lowest BCUT2D eigenvalue weighted by atomic mass is 10.1. The highest BCUT2D eigenvalue weighted by Gasteiger charge is 2.10. The number of ether oxygens (including phenoxy) is 1. The number of halogens is 4. The van der Waals surface area contributed by atoms with Crippen LogP contribution < -0.4 is 10.5 Å². The van der Waals surface area contributed by atoms with Gasteiger partial charge in [0.25, 0.3) is 0 Å². The van der Waals surface area contributed by atoms with Gasteiger partial charge in [-0.3, -0.25) is 0 Å². The molecule has 2 aromatic rings. The Morgan fingerprint density at radius 2 is 1.95 bits per heavy atom. The Morgan fingerprint density at radius 1 is 1.24 bits per heavy atom. The highest BCUT2D eigenvalue weighted by atomic mass is 79.9. The third kappa shape index (κ3) is 4.07. The molecule has 0 aliphatic carbocycles. The van der Waals surface area contributed by atoms with Crippen molar-refractivity contribution < 1.29 is 9.13 Å². The van der Waals surface area contributed by atoms with Crippen LogP contribution in [0.2, 0.25) is 10.0 Å². The summed E-state index contributed by atoms with van der Waals surface area (Å²) in [5, 5.41) is 0.838. The standard InChI is InChI=1S/C14H9BrCl2FNOS/c15-9-4-11(17)13(5-10(9)16)20-6-8-2-1-7(14(19)21)3-12(8)18/h1-5H,6H2,(H2,19,21). The van der Waals surface area contributed by atoms with Crippen molar-refractivity contribution in [1.82, 2.24) is 0 Å². The molecule has 0 radical (unpaired) electrons. The van der Waals surface area contributed by atoms with Gasteiger partial charge in [0.2, 0.25) is 0 Å². The predicted octanol–water partition coefficient (Wildman–Crippen LogP) is 5.11. The minimum absolute atomic E-state index is 0.0150. The molecular formula is C14H9BrCl2FNOS. The van der Waals surface area contributed by atoms with E-state index in [0.29, 0.717) is 31.4 Å². The zero-order valence-electron chi connectivity index (χ0n) is 10.5. The number of nitrogens with two attached hydrogens (primary N) is 1. The molecule has 0 fully saturated rings. The number of benzene rings is 2. The van der Waals surface area contributed by atoms with Crippen molar-refractivity contribution >= 4 is 56.3 Å². The molecule has 0 saturated heterocycles. The summed E-state index contributed by atoms with van der Waals surface area (Å²) in [5.74, 6) is -0.0673. The molecule has 0 aliphatic heterocycles. The van der Waals surface area contributed by atoms with Gasteiger partial charge in [-0.1, -0.05) is 47.6 Å². The Bertz CT molecular complexity index is 712. The minimum Gasteiger partial charge on any atom is -0.487 e. The van der Waals surface area contributed by atoms with E-state index in [1.807, 2.05) is 0 Å². The molecule has 2 nitrogen and oxygen atoms in total. The Hall–Kier alpha value is -0.880. The van der Waals surface area contributed by atoms with Gasteiger partial charge in [0.05, 0.1) is 10.0 Å². The largest absolute Gasteiger partial charge is 0.487 e. The van der Waals surface area contributed by atoms with Gasteiger partial charge >= 0.3 is 0 Å². The molecule has 2 rings (SSSR count). The van der Waals surface area contributed by atoms with Gasteiger partial charge in [0.1, 0.15) is 23.2 Å². The average molecular weight is 409 g/mol. The van der Waals surface area contributed by atoms with E-state index in [-0.39, 0.29) is 11.6 Å². The molecule has 0 aliphatic rings. The quantitative estimate of drug-likeness (QED) is 0.564. The molecule has 2 aromatic carbocycles. The van der Waals surface area contributed by atoms with Crippen LogP contribution in [0.1, 0.15) is 11.1 Å². The van der Waals surface area contributed by atoms with Crippen molar-refractivity contribution in [3.63, 3.8) is 0 Å². The van der Waals surface area contributed by atoms with Crippen molar-refractivity contribution in [2.75, 3.05) is 0 Å². The highest BCUT2D eigenvalue weighted by Crippen LogP contribution is 2.34. The first-order valence-corrected chi connectivity index (χ1v) is 7.69. The summed E-state index contributed by atoms with van der Waals surface area (Å²) >= 11 is 20.0. The number of rotatable bonds is 4. The number of hydrogen-bond donors (Lipinski definition) is 1. The van der Waals surface area contributed by atoms with Crippen LogP contribution >= 0.6 is 51.3 Å². The topological polar surface area (TPSA) is 35.2 Å². The molecule has 0 bridgehead atoms. The monoisotopic (exact) mass is 407 g/mol. The zero-order valence-corrected chi connectivity index (χ0v) is 14.4. The summed E-state index contributed by atoms with van der Waals surface area (Å²) in [6, 6.07) is 7.66. The van der Waals surface area contributed by atoms with Crippen LogP contribution in [0.25, 0.3) is 0 Å². The molecular weight excluding hydrogens is 400 g/mol. The maximum absolute atomic E-state index is 13.9. The van der Waals surface area contributed by atoms with Crippen LogP contribution in [-0.2, 0) is 6.61 Å². The second kappa shape index (κ2) is 6.92. The van der Waals surface area contributed by atoms with Gasteiger partial charge in [0, 0.05) is 21.7 Å². The fraction of sp³-hybridized carbons (Fsp3) is 0.0714. The number of thiocarbonyl (C=S) groups is 1. The van der Waals surface area contributed by atoms with Crippen molar-refractivity contribution in [3.05, 3.63) is 61.8 Å². The van der Waals surface area contributed by atoms with Gasteiger partial charge < -0.3 is 10.5 Å². The van der Waals surface area contributed by atoms with E-state index < -0.39 is 5.82 Å². The van der Waals surface area contributed by atoms with Crippen LogP contribution in [-0.4, -0.2) is 4.99 Å². The van der Waals surface area contributed by atoms with E-state index in [9.17, 15) is 4.39 Å². The fourth-order valence-electron chi connectivity index (χ4n) is 1.59. The third-order valence-electron chi connectivity index (χ3n) is 2.70. The Morgan fingerprint density at radius 3 is 2.57 bits per heavy atom. The first kappa shape index (κ1) is 16.5. The summed E-state index contributed by atoms with van der Waals surface area (Å²) in [5.41, 5.74) is 6.28. The molecule has 2 N–H and O–H groups in total. The van der Waals surface area contributed by atoms with Crippen LogP contribution in [0.15, 0.2) is 34.8 Å². The van der Waals surface area contributed by atoms with E-state index in [1.165, 1.54) is 6.07 Å². The van der Waals surface area contributed by atoms with Crippen molar-refractivity contribution in [1.29, 1.82) is 0 Å². The van der Waals surface area contributed by atoms with Gasteiger partial charge in [-0.2, -0.15) is 0 Å². The van der Waals surface area contributed by atoms with Crippen LogP contribution in [0.5, 0.6) is 5.75 Å². The van der Waals surface area contributed by atoms with E-state index >= 15 is 0 Å². The van der Waals surface area contributed by atoms with E-state index in [1.54, 1.807) is 24.3 Å². The molecule has 0 amide bonds. The summed E-state index contributed by atoms with van der Waals surface area (Å²) in [4.78, 5) is 0.143. The molecule has 7 heteroatoms. The van der Waals surface area contributed by atoms with Crippen LogP contribution in [0.4, 0.5) is 4.39 Å². The molecule has 21 heavy (non-hydrogen) atoms. The van der Waals surface area contributed by atoms with E-state index in [2.05, 4.69) is 15.9 Å². The second-order valence-electron chi connectivity index (χ2n) is 4.16. The van der Waals surface area contributed by atoms with Gasteiger partial charge in [-0.25, -0.2) is 4.39 Å². The van der Waals surface area contributed by atoms with Gasteiger partial charge in [-0.15, -0.1) is 0 Å². The van der Waals surface area contributed by atoms with Crippen molar-refractivity contribution in [3.8, 4) is 5.75 Å². The van der Waals surface area contributed by atoms with Crippen molar-refractivity contribution in [2.24, 2.45) is 5.73 Å². The summed E-state index contributed by atoms with van der Waals surface area (Å²) in [6.07, 6.45) is 0. The van der Waals surface area contributed by atoms with Gasteiger partial charge in [0.15, 0.2) is 0 Å². The Kier molecular flexibility index (Phi) is 5.43. The molecule has 110 valence electrons. The minimum atomic E-state index is -0.445. The second-order valence-corrected chi connectivity index (χ2v) is 6.26. The Balaban J connectivity index is 2.17. The predicted molar refractivity (Wildman–Crippen MR) is 90.8 cm³/mol. The van der Waals surface area contributed by atoms with E-state index in [4.69, 9.17) is 45.9 Å². The first-order chi connectivity index (χ1) is 9.88. The molecule has 0 heterocycles. The maximum atomic E-state index is 13.9. The van der Waals surface area contributed by atoms with E-state index in [0.717, 1.165) is 0 Å². The fourth-order valence-corrected chi connectivity index (χ4v) is 2.56. The molecule has 0 saturated carbocycles. The third-order valence-corrected chi connectivity index (χ3v) is 4.42. The first-order valence-electron chi connectivity index (χ1n) is 5.74. The van der Waals surface area contributed by atoms with Crippen LogP contribution in [0.3, 0.4) is 0 Å². The Labute approximate surface area is 145 Å². The van der Waals surface area contributed by atoms with Gasteiger partial charge in [-0.05, 0) is 28.1 Å². The summed E-state index contributed by atoms with van der Waals surface area (Å²) < 4.78 is 20.1. The zero-order chi connectivity index (χ0) is 15.6. The lowest BCUT2D eigenvalue weighted by Gasteiger charge is -2.10. The van der Waals surface area contributed by atoms with Crippen LogP contribution in [0, 0.1) is 5.82 Å². The maximum Gasteiger partial charge on any atom is 0.139 e. The lowest BCUT2D eigenvalue weighted by molar-refractivity contribution is 0.300. The highest BCUT2D eigenvalue weighted by molar-refractivity contribution is 9.10. The summed E-state index contributed by atoms with van der Waals surface area (Å²) in [6.45, 7) is 0.0150. The summed E-state index contributed by atoms with van der Waals surface area (Å²) in [7, 11) is 0. The average Bonchev–Trinajstić information content (AvgIpc) is 2.42. The number of hydrogen-bond acceptors (Lipinski definition) is 2. The molecule has 0 spiro atoms. The lowest BCUT2D eigenvalue weighted by Crippen LogP contribution is -2.10. The SMILES string of the molecule is NC(=S)c1ccc(COc2cc(Cl)c(Br)cc2Cl)c(F)c1. The smallest absolute Gasteiger partial charge is 0.139 e. The molecule has 0 aromatic heterocycles. The van der Waals surface area contributed by atoms with Crippen molar-refractivity contribution in [2.45, 2.75) is 6.61 Å². The molecule has 0 atom stereocenters.